The lowest BCUT2D eigenvalue weighted by molar-refractivity contribution is -0.123. The van der Waals surface area contributed by atoms with Crippen LogP contribution < -0.4 is 5.32 Å². The van der Waals surface area contributed by atoms with Gasteiger partial charge in [0.2, 0.25) is 0 Å². The van der Waals surface area contributed by atoms with Crippen LogP contribution in [0.1, 0.15) is 33.5 Å². The Kier molecular flexibility index (Phi) is 4.87. The molecule has 1 N–H and O–H groups in total. The maximum atomic E-state index is 13.7. The Hall–Kier alpha value is -1.92. The molecule has 1 aromatic heterocycles. The van der Waals surface area contributed by atoms with Gasteiger partial charge in [0.05, 0.1) is 5.69 Å². The molecule has 0 radical (unpaired) electrons. The van der Waals surface area contributed by atoms with Gasteiger partial charge in [-0.3, -0.25) is 4.79 Å². The summed E-state index contributed by atoms with van der Waals surface area (Å²) in [6.07, 6.45) is 2.04. The number of benzene rings is 1. The van der Waals surface area contributed by atoms with Crippen molar-refractivity contribution in [2.45, 2.75) is 32.3 Å². The number of hydrogen-bond acceptors (Lipinski definition) is 4. The molecule has 1 amide bonds. The van der Waals surface area contributed by atoms with E-state index in [4.69, 9.17) is 16.3 Å². The number of ether oxygens (including phenoxy) is 1. The summed E-state index contributed by atoms with van der Waals surface area (Å²) in [5.74, 6) is -1.79. The van der Waals surface area contributed by atoms with Crippen molar-refractivity contribution >= 4 is 40.5 Å². The molecular weight excluding hydrogens is 353 g/mol. The number of halogens is 2. The first-order valence-corrected chi connectivity index (χ1v) is 8.72. The molecule has 0 spiro atoms. The molecule has 1 atom stereocenters. The van der Waals surface area contributed by atoms with Crippen LogP contribution in [0.4, 0.5) is 10.1 Å². The fourth-order valence-electron chi connectivity index (χ4n) is 2.53. The van der Waals surface area contributed by atoms with Gasteiger partial charge >= 0.3 is 5.97 Å². The van der Waals surface area contributed by atoms with Crippen LogP contribution in [-0.4, -0.2) is 18.0 Å². The standard InChI is InChI=1S/C17H15ClFNO3S/c1-9(16(21)20-13-6-5-11(18)8-12(13)19)23-17(22)15-7-10-3-2-4-14(10)24-15/h5-9H,2-4H2,1H3,(H,20,21)/t9-/m1/s1. The third kappa shape index (κ3) is 3.60. The van der Waals surface area contributed by atoms with E-state index in [-0.39, 0.29) is 10.7 Å². The van der Waals surface area contributed by atoms with Crippen LogP contribution in [-0.2, 0) is 22.4 Å². The number of thiophene rings is 1. The second-order valence-electron chi connectivity index (χ2n) is 5.57. The fraction of sp³-hybridized carbons (Fsp3) is 0.294. The molecule has 1 aliphatic rings. The minimum absolute atomic E-state index is 0.0117. The zero-order chi connectivity index (χ0) is 17.3. The maximum absolute atomic E-state index is 13.7. The zero-order valence-electron chi connectivity index (χ0n) is 12.9. The average molecular weight is 368 g/mol. The highest BCUT2D eigenvalue weighted by Gasteiger charge is 2.23. The summed E-state index contributed by atoms with van der Waals surface area (Å²) >= 11 is 7.07. The Morgan fingerprint density at radius 1 is 1.33 bits per heavy atom. The number of amides is 1. The number of anilines is 1. The highest BCUT2D eigenvalue weighted by atomic mass is 35.5. The fourth-order valence-corrected chi connectivity index (χ4v) is 3.82. The van der Waals surface area contributed by atoms with E-state index >= 15 is 0 Å². The monoisotopic (exact) mass is 367 g/mol. The van der Waals surface area contributed by atoms with E-state index < -0.39 is 23.8 Å². The second-order valence-corrected chi connectivity index (χ2v) is 7.15. The largest absolute Gasteiger partial charge is 0.448 e. The number of hydrogen-bond donors (Lipinski definition) is 1. The van der Waals surface area contributed by atoms with E-state index in [1.807, 2.05) is 6.07 Å². The van der Waals surface area contributed by atoms with E-state index in [0.717, 1.165) is 25.3 Å². The molecule has 126 valence electrons. The molecule has 2 aromatic rings. The van der Waals surface area contributed by atoms with Crippen molar-refractivity contribution in [1.82, 2.24) is 0 Å². The predicted octanol–water partition coefficient (Wildman–Crippen LogP) is 4.21. The van der Waals surface area contributed by atoms with Crippen LogP contribution >= 0.6 is 22.9 Å². The summed E-state index contributed by atoms with van der Waals surface area (Å²) < 4.78 is 18.9. The summed E-state index contributed by atoms with van der Waals surface area (Å²) in [5, 5.41) is 2.62. The highest BCUT2D eigenvalue weighted by Crippen LogP contribution is 2.31. The number of carbonyl (C=O) groups is 2. The van der Waals surface area contributed by atoms with Crippen LogP contribution in [0.5, 0.6) is 0 Å². The van der Waals surface area contributed by atoms with Crippen LogP contribution in [0.25, 0.3) is 0 Å². The van der Waals surface area contributed by atoms with Gasteiger partial charge in [-0.05, 0) is 56.0 Å². The van der Waals surface area contributed by atoms with Crippen LogP contribution in [0.3, 0.4) is 0 Å². The molecular formula is C17H15ClFNO3S. The van der Waals surface area contributed by atoms with Gasteiger partial charge in [-0.25, -0.2) is 9.18 Å². The Balaban J connectivity index is 1.61. The van der Waals surface area contributed by atoms with Gasteiger partial charge in [-0.15, -0.1) is 11.3 Å². The van der Waals surface area contributed by atoms with Crippen LogP contribution in [0.2, 0.25) is 5.02 Å². The smallest absolute Gasteiger partial charge is 0.349 e. The van der Waals surface area contributed by atoms with Crippen LogP contribution in [0.15, 0.2) is 24.3 Å². The first kappa shape index (κ1) is 16.9. The summed E-state index contributed by atoms with van der Waals surface area (Å²) in [5.41, 5.74) is 1.18. The first-order valence-electron chi connectivity index (χ1n) is 7.52. The number of rotatable bonds is 4. The maximum Gasteiger partial charge on any atom is 0.349 e. The molecule has 0 aliphatic heterocycles. The van der Waals surface area contributed by atoms with Crippen molar-refractivity contribution in [2.24, 2.45) is 0 Å². The second kappa shape index (κ2) is 6.91. The molecule has 0 fully saturated rings. The summed E-state index contributed by atoms with van der Waals surface area (Å²) in [4.78, 5) is 25.9. The van der Waals surface area contributed by atoms with Crippen molar-refractivity contribution < 1.29 is 18.7 Å². The van der Waals surface area contributed by atoms with Gasteiger partial charge in [0.1, 0.15) is 10.7 Å². The van der Waals surface area contributed by atoms with Gasteiger partial charge in [0, 0.05) is 9.90 Å². The lowest BCUT2D eigenvalue weighted by Gasteiger charge is -2.13. The third-order valence-corrected chi connectivity index (χ3v) is 5.24. The Morgan fingerprint density at radius 2 is 2.12 bits per heavy atom. The van der Waals surface area contributed by atoms with Crippen molar-refractivity contribution in [2.75, 3.05) is 5.32 Å². The highest BCUT2D eigenvalue weighted by molar-refractivity contribution is 7.14. The molecule has 1 aliphatic carbocycles. The van der Waals surface area contributed by atoms with Crippen molar-refractivity contribution in [3.63, 3.8) is 0 Å². The molecule has 24 heavy (non-hydrogen) atoms. The first-order chi connectivity index (χ1) is 11.4. The van der Waals surface area contributed by atoms with E-state index in [2.05, 4.69) is 5.32 Å². The van der Waals surface area contributed by atoms with Crippen molar-refractivity contribution in [1.29, 1.82) is 0 Å². The van der Waals surface area contributed by atoms with E-state index in [9.17, 15) is 14.0 Å². The lowest BCUT2D eigenvalue weighted by atomic mass is 10.2. The van der Waals surface area contributed by atoms with Gasteiger partial charge in [0.25, 0.3) is 5.91 Å². The van der Waals surface area contributed by atoms with E-state index in [1.165, 1.54) is 40.8 Å². The Morgan fingerprint density at radius 3 is 2.83 bits per heavy atom. The molecule has 1 heterocycles. The molecule has 3 rings (SSSR count). The van der Waals surface area contributed by atoms with Crippen molar-refractivity contribution in [3.8, 4) is 0 Å². The quantitative estimate of drug-likeness (QED) is 0.823. The van der Waals surface area contributed by atoms with Crippen molar-refractivity contribution in [3.05, 3.63) is 50.4 Å². The minimum atomic E-state index is -1.04. The number of aryl methyl sites for hydroxylation is 2. The topological polar surface area (TPSA) is 55.4 Å². The molecule has 0 saturated heterocycles. The molecule has 0 saturated carbocycles. The molecule has 4 nitrogen and oxygen atoms in total. The van der Waals surface area contributed by atoms with Crippen LogP contribution in [0, 0.1) is 5.82 Å². The number of nitrogens with one attached hydrogen (secondary N) is 1. The normalized spacial score (nSPS) is 14.1. The molecule has 0 unspecified atom stereocenters. The zero-order valence-corrected chi connectivity index (χ0v) is 14.5. The van der Waals surface area contributed by atoms with Gasteiger partial charge in [-0.2, -0.15) is 0 Å². The molecule has 0 bridgehead atoms. The summed E-state index contributed by atoms with van der Waals surface area (Å²) in [6, 6.07) is 5.75. The third-order valence-electron chi connectivity index (χ3n) is 3.79. The number of fused-ring (bicyclic) bond motifs is 1. The average Bonchev–Trinajstić information content (AvgIpc) is 3.11. The Labute approximate surface area is 147 Å². The molecule has 7 heteroatoms. The lowest BCUT2D eigenvalue weighted by Crippen LogP contribution is -2.30. The summed E-state index contributed by atoms with van der Waals surface area (Å²) in [6.45, 7) is 1.45. The van der Waals surface area contributed by atoms with E-state index in [1.54, 1.807) is 0 Å². The SMILES string of the molecule is C[C@@H](OC(=O)c1cc2c(s1)CCC2)C(=O)Nc1ccc(Cl)cc1F. The number of esters is 1. The predicted molar refractivity (Wildman–Crippen MR) is 91.3 cm³/mol. The number of carbonyl (C=O) groups excluding carboxylic acids is 2. The van der Waals surface area contributed by atoms with Gasteiger partial charge in [-0.1, -0.05) is 11.6 Å². The van der Waals surface area contributed by atoms with Gasteiger partial charge in [0.15, 0.2) is 6.10 Å². The Bertz CT molecular complexity index is 784. The molecule has 1 aromatic carbocycles. The summed E-state index contributed by atoms with van der Waals surface area (Å²) in [7, 11) is 0. The van der Waals surface area contributed by atoms with E-state index in [0.29, 0.717) is 4.88 Å². The minimum Gasteiger partial charge on any atom is -0.448 e. The van der Waals surface area contributed by atoms with Gasteiger partial charge < -0.3 is 10.1 Å².